The summed E-state index contributed by atoms with van der Waals surface area (Å²) in [7, 11) is 0. The zero-order valence-corrected chi connectivity index (χ0v) is 28.3. The molecule has 0 aromatic heterocycles. The molecule has 104 valence electrons. The van der Waals surface area contributed by atoms with Crippen molar-refractivity contribution in [2.24, 2.45) is 0 Å². The molecule has 0 spiro atoms. The van der Waals surface area contributed by atoms with Crippen LogP contribution in [0.15, 0.2) is 0 Å². The van der Waals surface area contributed by atoms with Crippen LogP contribution in [0.2, 0.25) is 0 Å². The molecule has 0 bridgehead atoms. The zero-order valence-electron chi connectivity index (χ0n) is 11.5. The Balaban J connectivity index is -0.00000000947. The van der Waals surface area contributed by atoms with E-state index in [-0.39, 0.29) is 174 Å². The van der Waals surface area contributed by atoms with Crippen LogP contribution in [0, 0.1) is 64.0 Å². The fourth-order valence-electron chi connectivity index (χ4n) is 0. The Morgan fingerprint density at radius 3 is 0.364 bits per heavy atom. The number of nitriles is 6. The summed E-state index contributed by atoms with van der Waals surface area (Å²) in [6.07, 6.45) is 0. The van der Waals surface area contributed by atoms with Gasteiger partial charge in [0.05, 0.1) is 0 Å². The Bertz CT molecular complexity index is 269. The molecule has 0 aromatic carbocycles. The number of nitrogens with zero attached hydrogens (tertiary/aromatic N) is 6. The fraction of sp³-hybridized carbons (Fsp3) is 0. The molecular formula is C6K3N6OsS6-3. The van der Waals surface area contributed by atoms with Gasteiger partial charge in [0.2, 0.25) is 0 Å². The molecule has 0 unspecified atom stereocenters. The van der Waals surface area contributed by atoms with E-state index in [9.17, 15) is 0 Å². The molecule has 0 N–H and O–H groups in total. The normalized spacial score (nSPS) is 1.91. The predicted octanol–water partition coefficient (Wildman–Crippen LogP) is -8.90. The van der Waals surface area contributed by atoms with E-state index >= 15 is 0 Å². The summed E-state index contributed by atoms with van der Waals surface area (Å²) in [5.74, 6) is 0. The van der Waals surface area contributed by atoms with Crippen LogP contribution in [-0.2, 0) is 95.6 Å². The van der Waals surface area contributed by atoms with Crippen molar-refractivity contribution in [1.29, 1.82) is 31.6 Å². The first-order valence-corrected chi connectivity index (χ1v) is 5.02. The van der Waals surface area contributed by atoms with Gasteiger partial charge in [0, 0.05) is 19.8 Å². The van der Waals surface area contributed by atoms with Crippen molar-refractivity contribution in [1.82, 2.24) is 0 Å². The van der Waals surface area contributed by atoms with Crippen molar-refractivity contribution < 1.29 is 174 Å². The van der Waals surface area contributed by atoms with Gasteiger partial charge in [0.25, 0.3) is 0 Å². The maximum absolute atomic E-state index is 7.13. The third-order valence-electron chi connectivity index (χ3n) is 0. The third kappa shape index (κ3) is 855. The molecule has 0 heterocycles. The van der Waals surface area contributed by atoms with Crippen LogP contribution in [0.25, 0.3) is 0 Å². The van der Waals surface area contributed by atoms with Gasteiger partial charge in [-0.2, -0.15) is 0 Å². The van der Waals surface area contributed by atoms with Gasteiger partial charge in [0.1, 0.15) is 0 Å². The Morgan fingerprint density at radius 1 is 0.364 bits per heavy atom. The maximum Gasteiger partial charge on any atom is 1.00 e. The van der Waals surface area contributed by atoms with Crippen LogP contribution < -0.4 is 154 Å². The van der Waals surface area contributed by atoms with Crippen molar-refractivity contribution in [2.75, 3.05) is 0 Å². The Hall–Kier alpha value is 3.81. The zero-order chi connectivity index (χ0) is 16.2. The Morgan fingerprint density at radius 2 is 0.364 bits per heavy atom. The first-order chi connectivity index (χ1) is 8.49. The number of rotatable bonds is 0. The smallest absolute Gasteiger partial charge is 0.696 e. The van der Waals surface area contributed by atoms with Gasteiger partial charge in [-0.1, -0.05) is 32.4 Å². The summed E-state index contributed by atoms with van der Waals surface area (Å²) >= 11 is 22.2. The van der Waals surface area contributed by atoms with E-state index < -0.39 is 0 Å². The molecule has 0 aliphatic heterocycles. The Labute approximate surface area is 305 Å². The molecule has 0 rings (SSSR count). The van der Waals surface area contributed by atoms with Crippen molar-refractivity contribution >= 4 is 75.8 Å². The van der Waals surface area contributed by atoms with Gasteiger partial charge >= 0.3 is 154 Å². The van der Waals surface area contributed by atoms with E-state index in [1.165, 1.54) is 32.4 Å². The third-order valence-corrected chi connectivity index (χ3v) is 0. The van der Waals surface area contributed by atoms with E-state index in [1.807, 2.05) is 0 Å². The first kappa shape index (κ1) is 63.6. The average molecular weight is 656 g/mol. The molecule has 0 atom stereocenters. The second-order valence-corrected chi connectivity index (χ2v) is 1.64. The van der Waals surface area contributed by atoms with Crippen LogP contribution in [0.1, 0.15) is 0 Å². The SMILES string of the molecule is N#C[S-].N#C[S-].N#C[S-].N#C[S-].N#C[S-].N#C[S-].[K+].[K+].[K+].[Os]. The summed E-state index contributed by atoms with van der Waals surface area (Å²) in [6.45, 7) is 0. The number of hydrogen-bond donors (Lipinski definition) is 0. The van der Waals surface area contributed by atoms with Crippen LogP contribution in [0.3, 0.4) is 0 Å². The average Bonchev–Trinajstić information content (AvgIpc) is 2.23. The van der Waals surface area contributed by atoms with Crippen molar-refractivity contribution in [3.8, 4) is 32.4 Å². The van der Waals surface area contributed by atoms with Crippen molar-refractivity contribution in [2.45, 2.75) is 0 Å². The quantitative estimate of drug-likeness (QED) is 0.139. The molecule has 22 heavy (non-hydrogen) atoms. The molecule has 0 fully saturated rings. The fourth-order valence-corrected chi connectivity index (χ4v) is 0. The molecule has 0 amide bonds. The molecular weight excluding hydrogens is 656 g/mol. The van der Waals surface area contributed by atoms with E-state index in [0.717, 1.165) is 0 Å². The van der Waals surface area contributed by atoms with Crippen LogP contribution in [-0.4, -0.2) is 0 Å². The molecule has 6 nitrogen and oxygen atoms in total. The van der Waals surface area contributed by atoms with E-state index in [1.54, 1.807) is 0 Å². The summed E-state index contributed by atoms with van der Waals surface area (Å²) < 4.78 is 0. The van der Waals surface area contributed by atoms with Gasteiger partial charge < -0.3 is 75.8 Å². The summed E-state index contributed by atoms with van der Waals surface area (Å²) in [5, 5.41) is 50.8. The Kier molecular flexibility index (Phi) is 422. The topological polar surface area (TPSA) is 143 Å². The summed E-state index contributed by atoms with van der Waals surface area (Å²) in [4.78, 5) is 0. The predicted molar refractivity (Wildman–Crippen MR) is 77.9 cm³/mol. The van der Waals surface area contributed by atoms with Crippen LogP contribution in [0.4, 0.5) is 0 Å². The minimum absolute atomic E-state index is 0. The minimum atomic E-state index is 0. The molecule has 0 radical (unpaired) electrons. The molecule has 0 aromatic rings. The van der Waals surface area contributed by atoms with Gasteiger partial charge in [-0.15, -0.1) is 0 Å². The van der Waals surface area contributed by atoms with Crippen molar-refractivity contribution in [3.63, 3.8) is 0 Å². The first-order valence-electron chi connectivity index (χ1n) is 2.57. The van der Waals surface area contributed by atoms with Crippen molar-refractivity contribution in [3.05, 3.63) is 0 Å². The standard InChI is InChI=1S/6CHNS.3K.Os/c6*2-1-3;;;;/h6*3H;;;;/q;;;;;;3*+1;/p-6. The molecule has 0 aliphatic rings. The maximum atomic E-state index is 7.13. The molecule has 16 heteroatoms. The monoisotopic (exact) mass is 657 g/mol. The van der Waals surface area contributed by atoms with Crippen LogP contribution in [0.5, 0.6) is 0 Å². The van der Waals surface area contributed by atoms with Gasteiger partial charge in [0.15, 0.2) is 0 Å². The second kappa shape index (κ2) is 146. The molecule has 0 saturated heterocycles. The summed E-state index contributed by atoms with van der Waals surface area (Å²) in [6, 6.07) is 0. The largest absolute Gasteiger partial charge is 1.00 e. The van der Waals surface area contributed by atoms with Gasteiger partial charge in [-0.05, 0) is 0 Å². The minimum Gasteiger partial charge on any atom is -0.696 e. The van der Waals surface area contributed by atoms with E-state index in [4.69, 9.17) is 31.6 Å². The van der Waals surface area contributed by atoms with Gasteiger partial charge in [-0.25, -0.2) is 31.6 Å². The second-order valence-electron chi connectivity index (χ2n) is 0.548. The number of thiocyanates is 6. The van der Waals surface area contributed by atoms with E-state index in [0.29, 0.717) is 0 Å². The number of hydrogen-bond acceptors (Lipinski definition) is 12. The van der Waals surface area contributed by atoms with Gasteiger partial charge in [-0.3, -0.25) is 0 Å². The molecule has 0 aliphatic carbocycles. The van der Waals surface area contributed by atoms with E-state index in [2.05, 4.69) is 75.8 Å². The molecule has 0 saturated carbocycles. The van der Waals surface area contributed by atoms with Crippen LogP contribution >= 0.6 is 0 Å². The summed E-state index contributed by atoms with van der Waals surface area (Å²) in [5.41, 5.74) is 0.